The van der Waals surface area contributed by atoms with Gasteiger partial charge in [0.25, 0.3) is 5.82 Å². The zero-order chi connectivity index (χ0) is 19.5. The number of H-pyrrole nitrogens is 2. The Kier molecular flexibility index (Phi) is 5.61. The van der Waals surface area contributed by atoms with E-state index in [0.717, 1.165) is 44.2 Å². The summed E-state index contributed by atoms with van der Waals surface area (Å²) in [5.74, 6) is 2.54. The van der Waals surface area contributed by atoms with E-state index in [1.54, 1.807) is 13.2 Å². The number of rotatable bonds is 5. The van der Waals surface area contributed by atoms with Gasteiger partial charge in [-0.2, -0.15) is 4.98 Å². The summed E-state index contributed by atoms with van der Waals surface area (Å²) in [7, 11) is 1.63. The zero-order valence-electron chi connectivity index (χ0n) is 15.6. The highest BCUT2D eigenvalue weighted by atomic mass is 35.5. The van der Waals surface area contributed by atoms with Gasteiger partial charge in [-0.25, -0.2) is 9.67 Å². The summed E-state index contributed by atoms with van der Waals surface area (Å²) in [5.41, 5.74) is 0.805. The van der Waals surface area contributed by atoms with Crippen LogP contribution < -0.4 is 19.5 Å². The maximum Gasteiger partial charge on any atom is 0.274 e. The Bertz CT molecular complexity index is 997. The molecule has 1 saturated heterocycles. The lowest BCUT2D eigenvalue weighted by Crippen LogP contribution is -3.14. The molecule has 0 spiro atoms. The van der Waals surface area contributed by atoms with Crippen molar-refractivity contribution < 1.29 is 14.6 Å². The largest absolute Gasteiger partial charge is 0.496 e. The average Bonchev–Trinajstić information content (AvgIpc) is 3.09. The van der Waals surface area contributed by atoms with Crippen LogP contribution in [0.1, 0.15) is 0 Å². The molecular weight excluding hydrogens is 396 g/mol. The van der Waals surface area contributed by atoms with Gasteiger partial charge in [-0.3, -0.25) is 10.00 Å². The molecule has 28 heavy (non-hydrogen) atoms. The van der Waals surface area contributed by atoms with Gasteiger partial charge in [0.2, 0.25) is 4.77 Å². The van der Waals surface area contributed by atoms with Crippen molar-refractivity contribution in [2.75, 3.05) is 38.2 Å². The molecule has 0 bridgehead atoms. The Labute approximate surface area is 173 Å². The number of aromatic amines is 2. The summed E-state index contributed by atoms with van der Waals surface area (Å²) < 4.78 is 7.88. The highest BCUT2D eigenvalue weighted by Gasteiger charge is 2.26. The molecule has 3 aromatic rings. The number of benzene rings is 1. The fourth-order valence-corrected chi connectivity index (χ4v) is 3.85. The van der Waals surface area contributed by atoms with Gasteiger partial charge in [0, 0.05) is 11.1 Å². The van der Waals surface area contributed by atoms with Crippen molar-refractivity contribution in [3.8, 4) is 17.1 Å². The first kappa shape index (κ1) is 18.9. The number of anilines is 1. The number of piperazine rings is 1. The van der Waals surface area contributed by atoms with Gasteiger partial charge in [0.05, 0.1) is 18.9 Å². The van der Waals surface area contributed by atoms with Gasteiger partial charge in [-0.15, -0.1) is 0 Å². The van der Waals surface area contributed by atoms with Gasteiger partial charge in [-0.05, 0) is 36.5 Å². The molecule has 3 N–H and O–H groups in total. The molecule has 7 nitrogen and oxygen atoms in total. The van der Waals surface area contributed by atoms with Crippen LogP contribution in [0.25, 0.3) is 11.4 Å². The van der Waals surface area contributed by atoms with Crippen molar-refractivity contribution in [3.05, 3.63) is 52.4 Å². The van der Waals surface area contributed by atoms with E-state index in [9.17, 15) is 0 Å². The first-order chi connectivity index (χ1) is 13.6. The molecule has 0 aliphatic carbocycles. The molecule has 0 saturated carbocycles. The van der Waals surface area contributed by atoms with E-state index in [1.807, 2.05) is 29.1 Å². The van der Waals surface area contributed by atoms with Crippen LogP contribution in [0, 0.1) is 4.77 Å². The fourth-order valence-electron chi connectivity index (χ4n) is 3.48. The Morgan fingerprint density at radius 1 is 1.29 bits per heavy atom. The smallest absolute Gasteiger partial charge is 0.274 e. The van der Waals surface area contributed by atoms with Crippen molar-refractivity contribution in [1.82, 2.24) is 14.8 Å². The second-order valence-electron chi connectivity index (χ2n) is 6.77. The molecule has 1 fully saturated rings. The van der Waals surface area contributed by atoms with Gasteiger partial charge in [0.15, 0.2) is 12.5 Å². The van der Waals surface area contributed by atoms with Crippen LogP contribution >= 0.6 is 23.8 Å². The molecule has 4 rings (SSSR count). The average molecular weight is 419 g/mol. The molecule has 0 amide bonds. The lowest BCUT2D eigenvalue weighted by molar-refractivity contribution is -0.924. The first-order valence-corrected chi connectivity index (χ1v) is 9.98. The number of aromatic nitrogens is 4. The normalized spacial score (nSPS) is 15.0. The van der Waals surface area contributed by atoms with Crippen molar-refractivity contribution in [1.29, 1.82) is 0 Å². The maximum absolute atomic E-state index is 6.15. The quantitative estimate of drug-likeness (QED) is 0.615. The third-order valence-corrected chi connectivity index (χ3v) is 5.53. The Morgan fingerprint density at radius 2 is 2.11 bits per heavy atom. The first-order valence-electron chi connectivity index (χ1n) is 9.20. The third-order valence-electron chi connectivity index (χ3n) is 4.98. The summed E-state index contributed by atoms with van der Waals surface area (Å²) in [5, 5.41) is 3.94. The molecule has 1 aromatic carbocycles. The number of methoxy groups -OCH3 is 1. The van der Waals surface area contributed by atoms with Crippen molar-refractivity contribution >= 4 is 29.6 Å². The van der Waals surface area contributed by atoms with Gasteiger partial charge < -0.3 is 9.64 Å². The van der Waals surface area contributed by atoms with Crippen LogP contribution in [0.15, 0.2) is 42.6 Å². The van der Waals surface area contributed by atoms with E-state index in [4.69, 9.17) is 28.6 Å². The number of ether oxygens (including phenoxy) is 1. The van der Waals surface area contributed by atoms with E-state index in [2.05, 4.69) is 32.1 Å². The monoisotopic (exact) mass is 418 g/mol. The maximum atomic E-state index is 6.15. The van der Waals surface area contributed by atoms with Crippen LogP contribution in [0.4, 0.5) is 5.82 Å². The summed E-state index contributed by atoms with van der Waals surface area (Å²) in [6.07, 6.45) is 1.96. The van der Waals surface area contributed by atoms with Crippen LogP contribution in [0.3, 0.4) is 0 Å². The molecule has 9 heteroatoms. The van der Waals surface area contributed by atoms with E-state index >= 15 is 0 Å². The molecule has 0 unspecified atom stereocenters. The zero-order valence-corrected chi connectivity index (χ0v) is 17.2. The van der Waals surface area contributed by atoms with E-state index in [0.29, 0.717) is 21.4 Å². The number of pyridine rings is 1. The highest BCUT2D eigenvalue weighted by Crippen LogP contribution is 2.30. The molecule has 1 aliphatic heterocycles. The summed E-state index contributed by atoms with van der Waals surface area (Å²) in [4.78, 5) is 11.6. The number of quaternary nitrogens is 1. The third kappa shape index (κ3) is 4.04. The van der Waals surface area contributed by atoms with E-state index in [1.165, 1.54) is 4.90 Å². The van der Waals surface area contributed by atoms with Gasteiger partial charge in [-0.1, -0.05) is 17.7 Å². The predicted molar refractivity (Wildman–Crippen MR) is 110 cm³/mol. The second-order valence-corrected chi connectivity index (χ2v) is 7.57. The highest BCUT2D eigenvalue weighted by molar-refractivity contribution is 7.71. The molecule has 0 atom stereocenters. The molecular formula is C19H23ClN6OS+2. The summed E-state index contributed by atoms with van der Waals surface area (Å²) in [6, 6.07) is 11.6. The SMILES string of the molecule is COc1ccc(Cl)cc1-c1nc(=S)n(C[NH+]2CCN(c3cccc[nH+]3)CC2)[nH]1. The van der Waals surface area contributed by atoms with Gasteiger partial charge >= 0.3 is 0 Å². The Balaban J connectivity index is 1.46. The summed E-state index contributed by atoms with van der Waals surface area (Å²) >= 11 is 11.6. The standard InChI is InChI=1S/C19H21ClN6OS/c1-27-16-6-5-14(20)12-15(16)18-22-19(28)26(23-18)13-24-8-10-25(11-9-24)17-4-2-3-7-21-17/h2-7,12H,8-11,13H2,1H3,(H,22,23,28)/p+2. The minimum absolute atomic E-state index is 0.531. The minimum Gasteiger partial charge on any atom is -0.496 e. The van der Waals surface area contributed by atoms with Crippen LogP contribution in [0.5, 0.6) is 5.75 Å². The van der Waals surface area contributed by atoms with Crippen LogP contribution in [-0.2, 0) is 6.67 Å². The lowest BCUT2D eigenvalue weighted by Gasteiger charge is -2.28. The van der Waals surface area contributed by atoms with E-state index < -0.39 is 0 Å². The van der Waals surface area contributed by atoms with Crippen LogP contribution in [0.2, 0.25) is 5.02 Å². The number of nitrogens with one attached hydrogen (secondary N) is 3. The van der Waals surface area contributed by atoms with Crippen LogP contribution in [-0.4, -0.2) is 48.1 Å². The fraction of sp³-hybridized carbons (Fsp3) is 0.316. The number of halogens is 1. The number of hydrogen-bond acceptors (Lipinski definition) is 4. The Hall–Kier alpha value is -2.42. The molecule has 1 aliphatic rings. The summed E-state index contributed by atoms with van der Waals surface area (Å²) in [6.45, 7) is 4.79. The molecule has 0 radical (unpaired) electrons. The number of nitrogens with zero attached hydrogens (tertiary/aromatic N) is 3. The topological polar surface area (TPSA) is 64.7 Å². The lowest BCUT2D eigenvalue weighted by atomic mass is 10.2. The minimum atomic E-state index is 0.531. The molecule has 146 valence electrons. The van der Waals surface area contributed by atoms with Crippen molar-refractivity contribution in [3.63, 3.8) is 0 Å². The molecule has 2 aromatic heterocycles. The Morgan fingerprint density at radius 3 is 2.82 bits per heavy atom. The van der Waals surface area contributed by atoms with E-state index in [-0.39, 0.29) is 0 Å². The molecule has 3 heterocycles. The van der Waals surface area contributed by atoms with Gasteiger partial charge in [0.1, 0.15) is 31.9 Å². The second kappa shape index (κ2) is 8.30. The van der Waals surface area contributed by atoms with Crippen molar-refractivity contribution in [2.45, 2.75) is 6.67 Å². The van der Waals surface area contributed by atoms with Crippen molar-refractivity contribution in [2.24, 2.45) is 0 Å². The number of hydrogen-bond donors (Lipinski definition) is 2. The predicted octanol–water partition coefficient (Wildman–Crippen LogP) is 1.45.